The quantitative estimate of drug-likeness (QED) is 0.0330. The van der Waals surface area contributed by atoms with Crippen molar-refractivity contribution in [3.63, 3.8) is 0 Å². The minimum atomic E-state index is -4.27. The third-order valence-electron chi connectivity index (χ3n) is 6.64. The third kappa shape index (κ3) is 17.5. The normalized spacial score (nSPS) is 22.8. The van der Waals surface area contributed by atoms with Crippen molar-refractivity contribution >= 4 is 48.7 Å². The number of phosphoric ester groups is 1. The zero-order valence-electron chi connectivity index (χ0n) is 27.2. The van der Waals surface area contributed by atoms with Crippen LogP contribution in [-0.2, 0) is 46.6 Å². The first-order chi connectivity index (χ1) is 22.0. The smallest absolute Gasteiger partial charge is 0.471 e. The van der Waals surface area contributed by atoms with Gasteiger partial charge in [-0.05, 0) is 19.8 Å². The number of ether oxygens (including phenoxy) is 6. The number of hydrogen-bond donors (Lipinski definition) is 1. The zero-order valence-corrected chi connectivity index (χ0v) is 30.4. The van der Waals surface area contributed by atoms with Crippen LogP contribution in [0.5, 0.6) is 0 Å². The van der Waals surface area contributed by atoms with Crippen LogP contribution in [-0.4, -0.2) is 93.9 Å². The monoisotopic (exact) mass is 737 g/mol. The molecule has 12 nitrogen and oxygen atoms in total. The van der Waals surface area contributed by atoms with Crippen LogP contribution in [0.1, 0.15) is 58.8 Å². The fourth-order valence-corrected chi connectivity index (χ4v) is 5.99. The lowest BCUT2D eigenvalue weighted by Gasteiger charge is -2.45. The molecule has 16 heteroatoms. The molecule has 0 aromatic carbocycles. The number of rotatable bonds is 25. The Morgan fingerprint density at radius 1 is 1.04 bits per heavy atom. The van der Waals surface area contributed by atoms with Crippen molar-refractivity contribution in [2.24, 2.45) is 0 Å². The minimum absolute atomic E-state index is 0.0357. The second-order valence-electron chi connectivity index (χ2n) is 10.3. The largest absolute Gasteiger partial charge is 0.475 e. The summed E-state index contributed by atoms with van der Waals surface area (Å²) in [7, 11) is -1.16. The molecule has 0 unspecified atom stereocenters. The molecule has 0 spiro atoms. The van der Waals surface area contributed by atoms with Crippen LogP contribution in [0.15, 0.2) is 37.6 Å². The van der Waals surface area contributed by atoms with Crippen molar-refractivity contribution in [3.05, 3.63) is 37.6 Å². The van der Waals surface area contributed by atoms with Gasteiger partial charge in [-0.25, -0.2) is 9.36 Å². The summed E-state index contributed by atoms with van der Waals surface area (Å²) in [5.74, 6) is 0. The lowest BCUT2D eigenvalue weighted by molar-refractivity contribution is -0.262. The summed E-state index contributed by atoms with van der Waals surface area (Å²) in [4.78, 5) is 12.9. The van der Waals surface area contributed by atoms with E-state index in [2.05, 4.69) is 25.4 Å². The van der Waals surface area contributed by atoms with E-state index in [1.165, 1.54) is 38.4 Å². The van der Waals surface area contributed by atoms with E-state index in [0.29, 0.717) is 6.42 Å². The van der Waals surface area contributed by atoms with E-state index in [9.17, 15) is 9.36 Å². The number of amides is 1. The molecule has 1 amide bonds. The molecule has 1 rings (SSSR count). The highest BCUT2D eigenvalue weighted by atomic mass is 35.6. The van der Waals surface area contributed by atoms with Crippen LogP contribution in [0.25, 0.3) is 0 Å². The molecule has 1 aliphatic rings. The number of alkyl carbamates (subject to hydrolysis) is 1. The van der Waals surface area contributed by atoms with E-state index in [4.69, 9.17) is 76.8 Å². The molecule has 46 heavy (non-hydrogen) atoms. The van der Waals surface area contributed by atoms with Crippen molar-refractivity contribution in [1.82, 2.24) is 5.32 Å². The molecule has 0 bridgehead atoms. The van der Waals surface area contributed by atoms with Gasteiger partial charge in [0.1, 0.15) is 31.0 Å². The van der Waals surface area contributed by atoms with Crippen LogP contribution >= 0.6 is 42.6 Å². The first kappa shape index (κ1) is 43.1. The van der Waals surface area contributed by atoms with E-state index in [1.807, 2.05) is 0 Å². The number of carbonyl (C=O) groups is 1. The van der Waals surface area contributed by atoms with Crippen molar-refractivity contribution in [3.8, 4) is 0 Å². The van der Waals surface area contributed by atoms with Crippen molar-refractivity contribution in [1.29, 1.82) is 0 Å². The summed E-state index contributed by atoms with van der Waals surface area (Å²) in [6.07, 6.45) is 7.48. The van der Waals surface area contributed by atoms with Crippen LogP contribution in [0.2, 0.25) is 0 Å². The fraction of sp³-hybridized carbons (Fsp3) is 0.767. The molecule has 6 atom stereocenters. The minimum Gasteiger partial charge on any atom is -0.471 e. The molecule has 1 saturated heterocycles. The highest BCUT2D eigenvalue weighted by Crippen LogP contribution is 2.52. The van der Waals surface area contributed by atoms with E-state index in [-0.39, 0.29) is 32.5 Å². The van der Waals surface area contributed by atoms with E-state index in [1.54, 1.807) is 20.1 Å². The van der Waals surface area contributed by atoms with Crippen molar-refractivity contribution in [2.75, 3.05) is 47.3 Å². The predicted molar refractivity (Wildman–Crippen MR) is 178 cm³/mol. The van der Waals surface area contributed by atoms with Crippen LogP contribution in [0.3, 0.4) is 0 Å². The summed E-state index contributed by atoms with van der Waals surface area (Å²) >= 11 is 17.3. The average Bonchev–Trinajstić information content (AvgIpc) is 3.02. The number of phosphoric acid groups is 1. The Morgan fingerprint density at radius 2 is 1.72 bits per heavy atom. The first-order valence-electron chi connectivity index (χ1n) is 15.3. The lowest BCUT2D eigenvalue weighted by Crippen LogP contribution is -2.66. The molecule has 268 valence electrons. The van der Waals surface area contributed by atoms with Gasteiger partial charge in [0.15, 0.2) is 0 Å². The number of hydrogen-bond acceptors (Lipinski definition) is 11. The number of unbranched alkanes of at least 4 members (excludes halogenated alkanes) is 4. The molecular weight excluding hydrogens is 688 g/mol. The number of methoxy groups -OCH3 is 2. The molecule has 0 saturated carbocycles. The van der Waals surface area contributed by atoms with Gasteiger partial charge in [0, 0.05) is 20.8 Å². The summed E-state index contributed by atoms with van der Waals surface area (Å²) in [5, 5.41) is 2.67. The van der Waals surface area contributed by atoms with Gasteiger partial charge in [0.25, 0.3) is 0 Å². The van der Waals surface area contributed by atoms with E-state index >= 15 is 0 Å². The number of allylic oxidation sites excluding steroid dienone is 1. The molecule has 1 N–H and O–H groups in total. The number of carbonyl (C=O) groups excluding carboxylic acids is 1. The molecule has 1 fully saturated rings. The summed E-state index contributed by atoms with van der Waals surface area (Å²) in [6.45, 7) is 10.4. The van der Waals surface area contributed by atoms with Gasteiger partial charge >= 0.3 is 13.9 Å². The average molecular weight is 739 g/mol. The Hall–Kier alpha value is -0.890. The second kappa shape index (κ2) is 24.3. The van der Waals surface area contributed by atoms with Gasteiger partial charge in [0.05, 0.1) is 32.2 Å². The van der Waals surface area contributed by atoms with Gasteiger partial charge in [-0.1, -0.05) is 92.1 Å². The third-order valence-corrected chi connectivity index (χ3v) is 8.40. The van der Waals surface area contributed by atoms with Gasteiger partial charge < -0.3 is 33.7 Å². The van der Waals surface area contributed by atoms with Gasteiger partial charge in [-0.15, -0.1) is 13.2 Å². The van der Waals surface area contributed by atoms with Crippen LogP contribution < -0.4 is 5.32 Å². The highest BCUT2D eigenvalue weighted by molar-refractivity contribution is 7.48. The van der Waals surface area contributed by atoms with Crippen LogP contribution in [0.4, 0.5) is 4.79 Å². The SMILES string of the molecule is C=CCOP(=O)(OCC=C)O[C@H]1[C@H](OCC[C@@H](CCCCCCC)OC)[C@@H](NC(=O)OCC(Cl)(Cl)Cl)[C@@H](OC=CC)O[C@@H]1COC. The Morgan fingerprint density at radius 3 is 2.28 bits per heavy atom. The van der Waals surface area contributed by atoms with E-state index in [0.717, 1.165) is 25.7 Å². The summed E-state index contributed by atoms with van der Waals surface area (Å²) in [5.41, 5.74) is 0. The molecule has 0 aliphatic carbocycles. The fourth-order valence-electron chi connectivity index (χ4n) is 4.50. The number of halogens is 3. The standard InChI is InChI=1S/C30H51Cl3NO11P/c1-7-11-12-13-14-15-23(38-6)16-20-39-27-25(34-29(35)41-22-30(31,32)33)28(40-17-8-2)44-24(21-37-5)26(27)45-46(36,42-18-9-3)43-19-10-4/h8-10,17,23-28H,3-4,7,11-16,18-22H2,1-2,5-6H3,(H,34,35)/t23-,24-,25-,26-,27-,28+/m1/s1. The molecular formula is C30H51Cl3NO11P. The number of nitrogens with one attached hydrogen (secondary N) is 1. The molecule has 0 radical (unpaired) electrons. The lowest BCUT2D eigenvalue weighted by atomic mass is 9.96. The summed E-state index contributed by atoms with van der Waals surface area (Å²) < 4.78 is 63.5. The maximum absolute atomic E-state index is 13.8. The zero-order chi connectivity index (χ0) is 34.4. The predicted octanol–water partition coefficient (Wildman–Crippen LogP) is 7.42. The second-order valence-corrected chi connectivity index (χ2v) is 14.5. The van der Waals surface area contributed by atoms with Crippen LogP contribution in [0, 0.1) is 0 Å². The topological polar surface area (TPSA) is 129 Å². The maximum Gasteiger partial charge on any atom is 0.475 e. The molecule has 0 aromatic heterocycles. The van der Waals surface area contributed by atoms with Gasteiger partial charge in [-0.3, -0.25) is 13.6 Å². The summed E-state index contributed by atoms with van der Waals surface area (Å²) in [6, 6.07) is -1.10. The Balaban J connectivity index is 3.43. The Labute approximate surface area is 288 Å². The first-order valence-corrected chi connectivity index (χ1v) is 17.9. The molecule has 1 aliphatic heterocycles. The molecule has 1 heterocycles. The van der Waals surface area contributed by atoms with Crippen molar-refractivity contribution < 1.29 is 51.4 Å². The highest BCUT2D eigenvalue weighted by Gasteiger charge is 2.52. The van der Waals surface area contributed by atoms with Gasteiger partial charge in [0.2, 0.25) is 10.1 Å². The number of alkyl halides is 3. The molecule has 0 aromatic rings. The van der Waals surface area contributed by atoms with Crippen molar-refractivity contribution in [2.45, 2.75) is 99.3 Å². The van der Waals surface area contributed by atoms with Gasteiger partial charge in [-0.2, -0.15) is 0 Å². The Bertz CT molecular complexity index is 924. The Kier molecular flexibility index (Phi) is 22.8. The van der Waals surface area contributed by atoms with E-state index < -0.39 is 55.0 Å². The maximum atomic E-state index is 13.8.